The van der Waals surface area contributed by atoms with Gasteiger partial charge in [0.15, 0.2) is 0 Å². The van der Waals surface area contributed by atoms with E-state index in [0.29, 0.717) is 5.56 Å². The van der Waals surface area contributed by atoms with Crippen molar-refractivity contribution < 1.29 is 22.7 Å². The Morgan fingerprint density at radius 3 is 2.25 bits per heavy atom. The van der Waals surface area contributed by atoms with Gasteiger partial charge in [-0.25, -0.2) is 8.42 Å². The van der Waals surface area contributed by atoms with E-state index in [1.165, 1.54) is 24.1 Å². The van der Waals surface area contributed by atoms with E-state index in [2.05, 4.69) is 0 Å². The van der Waals surface area contributed by atoms with Crippen LogP contribution in [-0.2, 0) is 25.2 Å². The molecule has 2 amide bonds. The number of benzene rings is 1. The molecule has 1 heterocycles. The van der Waals surface area contributed by atoms with Crippen LogP contribution in [0.4, 0.5) is 0 Å². The minimum absolute atomic E-state index is 0.0497. The van der Waals surface area contributed by atoms with Crippen molar-refractivity contribution in [3.63, 3.8) is 0 Å². The molecule has 0 bridgehead atoms. The maximum absolute atomic E-state index is 12.5. The quantitative estimate of drug-likeness (QED) is 0.599. The summed E-state index contributed by atoms with van der Waals surface area (Å²) in [6.45, 7) is 0.0497. The van der Waals surface area contributed by atoms with Crippen molar-refractivity contribution in [3.8, 4) is 5.75 Å². The number of ether oxygens (including phenoxy) is 1. The Kier molecular flexibility index (Phi) is 4.57. The smallest absolute Gasteiger partial charge is 0.264 e. The van der Waals surface area contributed by atoms with Gasteiger partial charge in [0.1, 0.15) is 10.6 Å². The van der Waals surface area contributed by atoms with Crippen LogP contribution < -0.4 is 4.74 Å². The van der Waals surface area contributed by atoms with Gasteiger partial charge < -0.3 is 4.74 Å². The van der Waals surface area contributed by atoms with Gasteiger partial charge in [0.05, 0.1) is 25.5 Å². The molecule has 6 nitrogen and oxygen atoms in total. The van der Waals surface area contributed by atoms with Crippen LogP contribution in [0.15, 0.2) is 23.1 Å². The summed E-state index contributed by atoms with van der Waals surface area (Å²) in [4.78, 5) is 26.1. The number of halogens is 1. The summed E-state index contributed by atoms with van der Waals surface area (Å²) in [6.07, 6.45) is 3.42. The van der Waals surface area contributed by atoms with Crippen molar-refractivity contribution in [2.75, 3.05) is 7.11 Å². The average Bonchev–Trinajstić information content (AvgIpc) is 2.79. The fourth-order valence-electron chi connectivity index (χ4n) is 3.58. The first-order valence-electron chi connectivity index (χ1n) is 7.79. The van der Waals surface area contributed by atoms with Gasteiger partial charge >= 0.3 is 0 Å². The van der Waals surface area contributed by atoms with E-state index in [-0.39, 0.29) is 40.8 Å². The highest BCUT2D eigenvalue weighted by Gasteiger charge is 2.47. The Morgan fingerprint density at radius 1 is 1.17 bits per heavy atom. The standard InChI is InChI=1S/C16H18ClNO5S/c1-23-13-7-6-10(8-14(13)24(17,21)22)9-18-15(19)11-4-2-3-5-12(11)16(18)20/h6-8,11-12H,2-5,9H2,1H3. The van der Waals surface area contributed by atoms with Gasteiger partial charge in [0, 0.05) is 10.7 Å². The maximum Gasteiger partial charge on any atom is 0.264 e. The second-order valence-electron chi connectivity index (χ2n) is 6.18. The number of rotatable bonds is 4. The second-order valence-corrected chi connectivity index (χ2v) is 8.72. The summed E-state index contributed by atoms with van der Waals surface area (Å²) < 4.78 is 28.4. The molecular formula is C16H18ClNO5S. The number of methoxy groups -OCH3 is 1. The third-order valence-corrected chi connectivity index (χ3v) is 6.11. The van der Waals surface area contributed by atoms with Crippen LogP contribution in [0.2, 0.25) is 0 Å². The van der Waals surface area contributed by atoms with Crippen molar-refractivity contribution >= 4 is 31.5 Å². The third kappa shape index (κ3) is 3.02. The maximum atomic E-state index is 12.5. The zero-order valence-corrected chi connectivity index (χ0v) is 14.8. The third-order valence-electron chi connectivity index (χ3n) is 4.76. The number of fused-ring (bicyclic) bond motifs is 1. The summed E-state index contributed by atoms with van der Waals surface area (Å²) in [5.41, 5.74) is 0.523. The lowest BCUT2D eigenvalue weighted by atomic mass is 9.81. The number of amides is 2. The number of hydrogen-bond acceptors (Lipinski definition) is 5. The van der Waals surface area contributed by atoms with Crippen molar-refractivity contribution in [3.05, 3.63) is 23.8 Å². The van der Waals surface area contributed by atoms with Gasteiger partial charge in [-0.15, -0.1) is 0 Å². The van der Waals surface area contributed by atoms with Gasteiger partial charge in [-0.05, 0) is 30.5 Å². The molecule has 1 aliphatic heterocycles. The molecule has 0 N–H and O–H groups in total. The van der Waals surface area contributed by atoms with Crippen LogP contribution in [0.3, 0.4) is 0 Å². The molecule has 24 heavy (non-hydrogen) atoms. The molecular weight excluding hydrogens is 354 g/mol. The molecule has 2 fully saturated rings. The Morgan fingerprint density at radius 2 is 1.75 bits per heavy atom. The summed E-state index contributed by atoms with van der Waals surface area (Å²) in [5, 5.41) is 0. The largest absolute Gasteiger partial charge is 0.495 e. The van der Waals surface area contributed by atoms with Crippen molar-refractivity contribution in [2.24, 2.45) is 11.8 Å². The zero-order chi connectivity index (χ0) is 17.5. The van der Waals surface area contributed by atoms with Gasteiger partial charge in [0.2, 0.25) is 11.8 Å². The molecule has 0 aromatic heterocycles. The van der Waals surface area contributed by atoms with Crippen LogP contribution in [0.5, 0.6) is 5.75 Å². The van der Waals surface area contributed by atoms with Crippen LogP contribution in [0.25, 0.3) is 0 Å². The number of carbonyl (C=O) groups is 2. The summed E-state index contributed by atoms with van der Waals surface area (Å²) >= 11 is 0. The monoisotopic (exact) mass is 371 g/mol. The molecule has 1 aliphatic carbocycles. The van der Waals surface area contributed by atoms with Gasteiger partial charge in [0.25, 0.3) is 9.05 Å². The van der Waals surface area contributed by atoms with Crippen LogP contribution in [0, 0.1) is 11.8 Å². The molecule has 2 atom stereocenters. The number of nitrogens with zero attached hydrogens (tertiary/aromatic N) is 1. The van der Waals surface area contributed by atoms with Crippen molar-refractivity contribution in [2.45, 2.75) is 37.1 Å². The zero-order valence-electron chi connectivity index (χ0n) is 13.2. The van der Waals surface area contributed by atoms with E-state index in [9.17, 15) is 18.0 Å². The van der Waals surface area contributed by atoms with Crippen LogP contribution >= 0.6 is 10.7 Å². The van der Waals surface area contributed by atoms with E-state index in [4.69, 9.17) is 15.4 Å². The normalized spacial score (nSPS) is 24.2. The lowest BCUT2D eigenvalue weighted by molar-refractivity contribution is -0.140. The van der Waals surface area contributed by atoms with E-state index in [1.807, 2.05) is 0 Å². The molecule has 0 radical (unpaired) electrons. The van der Waals surface area contributed by atoms with E-state index in [0.717, 1.165) is 25.7 Å². The predicted molar refractivity (Wildman–Crippen MR) is 87.0 cm³/mol. The molecule has 1 aromatic rings. The van der Waals surface area contributed by atoms with E-state index < -0.39 is 9.05 Å². The van der Waals surface area contributed by atoms with Gasteiger partial charge in [-0.3, -0.25) is 14.5 Å². The molecule has 3 rings (SSSR count). The summed E-state index contributed by atoms with van der Waals surface area (Å²) in [7, 11) is 2.79. The molecule has 2 unspecified atom stereocenters. The SMILES string of the molecule is COc1ccc(CN2C(=O)C3CCCCC3C2=O)cc1S(=O)(=O)Cl. The lowest BCUT2D eigenvalue weighted by Crippen LogP contribution is -2.30. The van der Waals surface area contributed by atoms with Crippen LogP contribution in [0.1, 0.15) is 31.2 Å². The predicted octanol–water partition coefficient (Wildman–Crippen LogP) is 2.30. The van der Waals surface area contributed by atoms with Crippen molar-refractivity contribution in [1.82, 2.24) is 4.90 Å². The minimum Gasteiger partial charge on any atom is -0.495 e. The summed E-state index contributed by atoms with van der Waals surface area (Å²) in [5.74, 6) is -0.630. The Balaban J connectivity index is 1.89. The van der Waals surface area contributed by atoms with E-state index >= 15 is 0 Å². The van der Waals surface area contributed by atoms with Gasteiger partial charge in [-0.2, -0.15) is 0 Å². The first-order valence-corrected chi connectivity index (χ1v) is 10.1. The number of hydrogen-bond donors (Lipinski definition) is 0. The first-order chi connectivity index (χ1) is 11.3. The molecule has 1 aromatic carbocycles. The second kappa shape index (κ2) is 6.37. The molecule has 1 saturated heterocycles. The fourth-order valence-corrected chi connectivity index (χ4v) is 4.62. The Hall–Kier alpha value is -1.60. The molecule has 130 valence electrons. The highest BCUT2D eigenvalue weighted by atomic mass is 35.7. The molecule has 8 heteroatoms. The average molecular weight is 372 g/mol. The number of imide groups is 1. The van der Waals surface area contributed by atoms with Gasteiger partial charge in [-0.1, -0.05) is 18.9 Å². The Bertz CT molecular complexity index is 768. The summed E-state index contributed by atoms with van der Waals surface area (Å²) in [6, 6.07) is 4.46. The van der Waals surface area contributed by atoms with Crippen LogP contribution in [-0.4, -0.2) is 32.2 Å². The molecule has 0 spiro atoms. The Labute approximate surface area is 145 Å². The fraction of sp³-hybridized carbons (Fsp3) is 0.500. The minimum atomic E-state index is -3.99. The van der Waals surface area contributed by atoms with E-state index in [1.54, 1.807) is 6.07 Å². The lowest BCUT2D eigenvalue weighted by Gasteiger charge is -2.19. The first kappa shape index (κ1) is 17.2. The highest BCUT2D eigenvalue weighted by Crippen LogP contribution is 2.39. The molecule has 2 aliphatic rings. The number of carbonyl (C=O) groups excluding carboxylic acids is 2. The topological polar surface area (TPSA) is 80.8 Å². The molecule has 1 saturated carbocycles. The highest BCUT2D eigenvalue weighted by molar-refractivity contribution is 8.13. The number of likely N-dealkylation sites (tertiary alicyclic amines) is 1. The van der Waals surface area contributed by atoms with Crippen molar-refractivity contribution in [1.29, 1.82) is 0 Å².